The number of nitrogens with zero attached hydrogens (tertiary/aromatic N) is 2. The molecule has 0 unspecified atom stereocenters. The Morgan fingerprint density at radius 1 is 1.09 bits per heavy atom. The van der Waals surface area contributed by atoms with Crippen molar-refractivity contribution in [2.24, 2.45) is 0 Å². The van der Waals surface area contributed by atoms with E-state index in [1.807, 2.05) is 12.4 Å². The van der Waals surface area contributed by atoms with E-state index in [1.54, 1.807) is 18.5 Å². The van der Waals surface area contributed by atoms with Crippen LogP contribution in [0.1, 0.15) is 12.0 Å². The van der Waals surface area contributed by atoms with Gasteiger partial charge in [0.25, 0.3) is 0 Å². The lowest BCUT2D eigenvalue weighted by Gasteiger charge is -2.08. The summed E-state index contributed by atoms with van der Waals surface area (Å²) in [5, 5.41) is 6.11. The Hall–Kier alpha value is -1.58. The smallest absolute Gasteiger partial charge is 0.171 e. The van der Waals surface area contributed by atoms with Crippen LogP contribution in [0.4, 0.5) is 0 Å². The molecule has 0 aliphatic carbocycles. The quantitative estimate of drug-likeness (QED) is 0.594. The zero-order chi connectivity index (χ0) is 7.52. The molecule has 1 aromatic heterocycles. The lowest BCUT2D eigenvalue weighted by atomic mass is 10.4. The maximum atomic E-state index is 4.08. The SMILES string of the molecule is C1=CNC(c2ncccn2)N1. The molecule has 2 rings (SSSR count). The zero-order valence-corrected chi connectivity index (χ0v) is 5.86. The van der Waals surface area contributed by atoms with Gasteiger partial charge >= 0.3 is 0 Å². The van der Waals surface area contributed by atoms with Crippen LogP contribution in [0.25, 0.3) is 0 Å². The van der Waals surface area contributed by atoms with Crippen LogP contribution in [0.15, 0.2) is 30.9 Å². The first-order valence-electron chi connectivity index (χ1n) is 3.41. The highest BCUT2D eigenvalue weighted by atomic mass is 15.2. The van der Waals surface area contributed by atoms with Crippen molar-refractivity contribution in [3.05, 3.63) is 36.7 Å². The summed E-state index contributed by atoms with van der Waals surface area (Å²) in [6, 6.07) is 1.80. The van der Waals surface area contributed by atoms with Crippen molar-refractivity contribution in [3.63, 3.8) is 0 Å². The third-order valence-corrected chi connectivity index (χ3v) is 1.45. The van der Waals surface area contributed by atoms with E-state index in [2.05, 4.69) is 20.6 Å². The molecule has 0 atom stereocenters. The molecule has 0 amide bonds. The van der Waals surface area contributed by atoms with Crippen molar-refractivity contribution < 1.29 is 0 Å². The van der Waals surface area contributed by atoms with Gasteiger partial charge in [-0.25, -0.2) is 9.97 Å². The van der Waals surface area contributed by atoms with E-state index >= 15 is 0 Å². The van der Waals surface area contributed by atoms with E-state index in [4.69, 9.17) is 0 Å². The summed E-state index contributed by atoms with van der Waals surface area (Å²) in [4.78, 5) is 8.17. The predicted molar refractivity (Wildman–Crippen MR) is 40.2 cm³/mol. The first-order chi connectivity index (χ1) is 5.47. The number of rotatable bonds is 1. The Balaban J connectivity index is 2.17. The molecule has 2 N–H and O–H groups in total. The predicted octanol–water partition coefficient (Wildman–Crippen LogP) is 0.139. The Kier molecular flexibility index (Phi) is 1.44. The Morgan fingerprint density at radius 2 is 1.73 bits per heavy atom. The second-order valence-electron chi connectivity index (χ2n) is 2.21. The van der Waals surface area contributed by atoms with E-state index in [-0.39, 0.29) is 6.17 Å². The van der Waals surface area contributed by atoms with Crippen molar-refractivity contribution in [2.75, 3.05) is 0 Å². The van der Waals surface area contributed by atoms with Gasteiger partial charge in [-0.2, -0.15) is 0 Å². The highest BCUT2D eigenvalue weighted by molar-refractivity contribution is 5.02. The molecule has 0 saturated heterocycles. The van der Waals surface area contributed by atoms with Crippen LogP contribution < -0.4 is 10.6 Å². The van der Waals surface area contributed by atoms with Gasteiger partial charge in [-0.3, -0.25) is 0 Å². The third kappa shape index (κ3) is 1.14. The van der Waals surface area contributed by atoms with Crippen molar-refractivity contribution in [2.45, 2.75) is 6.17 Å². The fraction of sp³-hybridized carbons (Fsp3) is 0.143. The number of nitrogens with one attached hydrogen (secondary N) is 2. The van der Waals surface area contributed by atoms with Crippen LogP contribution >= 0.6 is 0 Å². The molecule has 1 aliphatic heterocycles. The molecule has 1 aromatic rings. The van der Waals surface area contributed by atoms with Gasteiger partial charge in [-0.1, -0.05) is 0 Å². The minimum absolute atomic E-state index is 0.0381. The fourth-order valence-electron chi connectivity index (χ4n) is 0.946. The second kappa shape index (κ2) is 2.57. The van der Waals surface area contributed by atoms with Crippen molar-refractivity contribution in [3.8, 4) is 0 Å². The van der Waals surface area contributed by atoms with Crippen molar-refractivity contribution in [1.29, 1.82) is 0 Å². The largest absolute Gasteiger partial charge is 0.364 e. The maximum Gasteiger partial charge on any atom is 0.171 e. The lowest BCUT2D eigenvalue weighted by molar-refractivity contribution is 0.568. The van der Waals surface area contributed by atoms with Gasteiger partial charge in [-0.05, 0) is 6.07 Å². The average molecular weight is 148 g/mol. The van der Waals surface area contributed by atoms with Gasteiger partial charge in [-0.15, -0.1) is 0 Å². The molecule has 0 fully saturated rings. The van der Waals surface area contributed by atoms with E-state index in [0.29, 0.717) is 0 Å². The molecule has 56 valence electrons. The molecule has 11 heavy (non-hydrogen) atoms. The molecule has 0 aromatic carbocycles. The summed E-state index contributed by atoms with van der Waals surface area (Å²) in [6.45, 7) is 0. The van der Waals surface area contributed by atoms with Gasteiger partial charge in [0.2, 0.25) is 0 Å². The first kappa shape index (κ1) is 6.15. The summed E-state index contributed by atoms with van der Waals surface area (Å²) in [6.07, 6.45) is 7.16. The fourth-order valence-corrected chi connectivity index (χ4v) is 0.946. The van der Waals surface area contributed by atoms with Crippen LogP contribution in [0.3, 0.4) is 0 Å². The van der Waals surface area contributed by atoms with Gasteiger partial charge < -0.3 is 10.6 Å². The van der Waals surface area contributed by atoms with E-state index in [1.165, 1.54) is 0 Å². The van der Waals surface area contributed by atoms with Gasteiger partial charge in [0, 0.05) is 24.8 Å². The summed E-state index contributed by atoms with van der Waals surface area (Å²) >= 11 is 0. The van der Waals surface area contributed by atoms with Gasteiger partial charge in [0.1, 0.15) is 0 Å². The Morgan fingerprint density at radius 3 is 2.36 bits per heavy atom. The van der Waals surface area contributed by atoms with E-state index in [9.17, 15) is 0 Å². The molecule has 0 bridgehead atoms. The third-order valence-electron chi connectivity index (χ3n) is 1.45. The monoisotopic (exact) mass is 148 g/mol. The highest BCUT2D eigenvalue weighted by Gasteiger charge is 2.11. The molecular weight excluding hydrogens is 140 g/mol. The molecule has 1 aliphatic rings. The summed E-state index contributed by atoms with van der Waals surface area (Å²) < 4.78 is 0. The molecule has 0 radical (unpaired) electrons. The molecule has 2 heterocycles. The molecule has 0 saturated carbocycles. The van der Waals surface area contributed by atoms with Gasteiger partial charge in [0.05, 0.1) is 0 Å². The standard InChI is InChI=1S/C7H8N4/c1-2-8-6(9-3-1)7-10-4-5-11-7/h1-5,7,10-11H. The Labute approximate surface area is 64.4 Å². The minimum atomic E-state index is 0.0381. The summed E-state index contributed by atoms with van der Waals surface area (Å²) in [5.74, 6) is 0.762. The van der Waals surface area contributed by atoms with Crippen molar-refractivity contribution >= 4 is 0 Å². The lowest BCUT2D eigenvalue weighted by Crippen LogP contribution is -2.23. The van der Waals surface area contributed by atoms with Crippen LogP contribution in [0.5, 0.6) is 0 Å². The minimum Gasteiger partial charge on any atom is -0.364 e. The highest BCUT2D eigenvalue weighted by Crippen LogP contribution is 2.04. The number of hydrogen-bond acceptors (Lipinski definition) is 4. The first-order valence-corrected chi connectivity index (χ1v) is 3.41. The van der Waals surface area contributed by atoms with Gasteiger partial charge in [0.15, 0.2) is 12.0 Å². The number of hydrogen-bond donors (Lipinski definition) is 2. The van der Waals surface area contributed by atoms with Crippen LogP contribution in [-0.2, 0) is 0 Å². The molecule has 4 nitrogen and oxygen atoms in total. The van der Waals surface area contributed by atoms with Crippen LogP contribution in [0, 0.1) is 0 Å². The van der Waals surface area contributed by atoms with E-state index in [0.717, 1.165) is 5.82 Å². The maximum absolute atomic E-state index is 4.08. The topological polar surface area (TPSA) is 49.8 Å². The molecule has 0 spiro atoms. The molecule has 4 heteroatoms. The van der Waals surface area contributed by atoms with Crippen LogP contribution in [0.2, 0.25) is 0 Å². The molecular formula is C7H8N4. The summed E-state index contributed by atoms with van der Waals surface area (Å²) in [5.41, 5.74) is 0. The summed E-state index contributed by atoms with van der Waals surface area (Å²) in [7, 11) is 0. The van der Waals surface area contributed by atoms with E-state index < -0.39 is 0 Å². The average Bonchev–Trinajstić information content (AvgIpc) is 2.58. The van der Waals surface area contributed by atoms with Crippen LogP contribution in [-0.4, -0.2) is 9.97 Å². The number of aromatic nitrogens is 2. The Bertz CT molecular complexity index is 248. The normalized spacial score (nSPS) is 16.0. The van der Waals surface area contributed by atoms with Crippen molar-refractivity contribution in [1.82, 2.24) is 20.6 Å². The zero-order valence-electron chi connectivity index (χ0n) is 5.86. The second-order valence-corrected chi connectivity index (χ2v) is 2.21.